The number of hydrogen-bond acceptors (Lipinski definition) is 5. The van der Waals surface area contributed by atoms with Gasteiger partial charge >= 0.3 is 0 Å². The van der Waals surface area contributed by atoms with Crippen molar-refractivity contribution in [1.82, 2.24) is 10.3 Å². The summed E-state index contributed by atoms with van der Waals surface area (Å²) >= 11 is 1.71. The average Bonchev–Trinajstić information content (AvgIpc) is 2.63. The van der Waals surface area contributed by atoms with E-state index < -0.39 is 5.60 Å². The van der Waals surface area contributed by atoms with E-state index in [1.165, 1.54) is 4.88 Å². The van der Waals surface area contributed by atoms with E-state index in [-0.39, 0.29) is 6.04 Å². The number of ether oxygens (including phenoxy) is 1. The van der Waals surface area contributed by atoms with Crippen LogP contribution >= 0.6 is 11.3 Å². The molecule has 1 heterocycles. The Balaban J connectivity index is 2.50. The number of rotatable bonds is 7. The minimum atomic E-state index is -0.738. The number of thiazole rings is 1. The lowest BCUT2D eigenvalue weighted by Gasteiger charge is -2.25. The third-order valence-corrected chi connectivity index (χ3v) is 4.22. The van der Waals surface area contributed by atoms with Gasteiger partial charge in [-0.1, -0.05) is 0 Å². The minimum absolute atomic E-state index is 0.213. The first-order chi connectivity index (χ1) is 8.35. The number of aryl methyl sites for hydroxylation is 2. The Bertz CT molecular complexity index is 377. The second kappa shape index (κ2) is 6.61. The van der Waals surface area contributed by atoms with Gasteiger partial charge in [-0.05, 0) is 27.7 Å². The monoisotopic (exact) mass is 272 g/mol. The zero-order chi connectivity index (χ0) is 13.8. The number of aliphatic hydroxyl groups is 1. The van der Waals surface area contributed by atoms with Gasteiger partial charge in [0.2, 0.25) is 0 Å². The van der Waals surface area contributed by atoms with Gasteiger partial charge in [0.1, 0.15) is 0 Å². The third kappa shape index (κ3) is 4.65. The molecule has 1 aromatic rings. The molecule has 1 aromatic heterocycles. The van der Waals surface area contributed by atoms with E-state index in [1.54, 1.807) is 18.4 Å². The fourth-order valence-corrected chi connectivity index (χ4v) is 2.78. The summed E-state index contributed by atoms with van der Waals surface area (Å²) in [5, 5.41) is 14.6. The van der Waals surface area contributed by atoms with Gasteiger partial charge in [0.15, 0.2) is 0 Å². The van der Waals surface area contributed by atoms with Gasteiger partial charge < -0.3 is 15.2 Å². The number of hydrogen-bond donors (Lipinski definition) is 2. The molecule has 0 spiro atoms. The zero-order valence-electron chi connectivity index (χ0n) is 11.9. The Morgan fingerprint density at radius 3 is 2.67 bits per heavy atom. The van der Waals surface area contributed by atoms with Gasteiger partial charge in [0.05, 0.1) is 16.3 Å². The summed E-state index contributed by atoms with van der Waals surface area (Å²) < 4.78 is 5.00. The van der Waals surface area contributed by atoms with Crippen molar-refractivity contribution in [2.45, 2.75) is 45.8 Å². The topological polar surface area (TPSA) is 54.4 Å². The van der Waals surface area contributed by atoms with Gasteiger partial charge in [-0.3, -0.25) is 0 Å². The number of methoxy groups -OCH3 is 1. The van der Waals surface area contributed by atoms with Crippen molar-refractivity contribution in [3.05, 3.63) is 15.6 Å². The molecule has 0 aliphatic heterocycles. The van der Waals surface area contributed by atoms with Crippen LogP contribution in [0.3, 0.4) is 0 Å². The maximum Gasteiger partial charge on any atom is 0.0900 e. The van der Waals surface area contributed by atoms with E-state index in [0.717, 1.165) is 10.7 Å². The van der Waals surface area contributed by atoms with Crippen LogP contribution in [-0.4, -0.2) is 36.0 Å². The molecule has 0 fully saturated rings. The minimum Gasteiger partial charge on any atom is -0.389 e. The second-order valence-corrected chi connectivity index (χ2v) is 6.26. The highest BCUT2D eigenvalue weighted by Crippen LogP contribution is 2.24. The summed E-state index contributed by atoms with van der Waals surface area (Å²) in [6, 6.07) is 0.213. The Morgan fingerprint density at radius 1 is 1.50 bits per heavy atom. The summed E-state index contributed by atoms with van der Waals surface area (Å²) in [6.45, 7) is 9.10. The molecule has 0 bridgehead atoms. The highest BCUT2D eigenvalue weighted by molar-refractivity contribution is 7.11. The maximum atomic E-state index is 10.2. The highest BCUT2D eigenvalue weighted by Gasteiger charge is 2.22. The Hall–Kier alpha value is -0.490. The van der Waals surface area contributed by atoms with Crippen LogP contribution in [0.25, 0.3) is 0 Å². The quantitative estimate of drug-likeness (QED) is 0.799. The highest BCUT2D eigenvalue weighted by atomic mass is 32.1. The van der Waals surface area contributed by atoms with Crippen molar-refractivity contribution < 1.29 is 9.84 Å². The zero-order valence-corrected chi connectivity index (χ0v) is 12.7. The first-order valence-corrected chi connectivity index (χ1v) is 7.06. The van der Waals surface area contributed by atoms with Crippen molar-refractivity contribution in [1.29, 1.82) is 0 Å². The molecular weight excluding hydrogens is 248 g/mol. The molecule has 0 amide bonds. The first kappa shape index (κ1) is 15.6. The van der Waals surface area contributed by atoms with Crippen LogP contribution in [0.5, 0.6) is 0 Å². The van der Waals surface area contributed by atoms with E-state index in [0.29, 0.717) is 19.6 Å². The molecule has 0 saturated heterocycles. The molecule has 5 heteroatoms. The smallest absolute Gasteiger partial charge is 0.0900 e. The molecule has 104 valence electrons. The Labute approximate surface area is 113 Å². The lowest BCUT2D eigenvalue weighted by atomic mass is 10.0. The van der Waals surface area contributed by atoms with Gasteiger partial charge in [-0.2, -0.15) is 0 Å². The van der Waals surface area contributed by atoms with E-state index in [2.05, 4.69) is 17.2 Å². The van der Waals surface area contributed by atoms with Crippen LogP contribution in [0.2, 0.25) is 0 Å². The molecule has 0 aliphatic rings. The van der Waals surface area contributed by atoms with Crippen molar-refractivity contribution >= 4 is 11.3 Å². The molecule has 0 aromatic carbocycles. The second-order valence-electron chi connectivity index (χ2n) is 5.02. The van der Waals surface area contributed by atoms with E-state index >= 15 is 0 Å². The molecule has 4 nitrogen and oxygen atoms in total. The largest absolute Gasteiger partial charge is 0.389 e. The predicted octanol–water partition coefficient (Wildman–Crippen LogP) is 2.20. The molecular formula is C13H24N2O2S. The molecule has 0 saturated carbocycles. The van der Waals surface area contributed by atoms with Crippen LogP contribution in [-0.2, 0) is 4.74 Å². The molecule has 1 rings (SSSR count). The van der Waals surface area contributed by atoms with Gasteiger partial charge in [-0.25, -0.2) is 4.98 Å². The number of nitrogens with one attached hydrogen (secondary N) is 1. The molecule has 18 heavy (non-hydrogen) atoms. The number of nitrogens with zero attached hydrogens (tertiary/aromatic N) is 1. The van der Waals surface area contributed by atoms with Crippen LogP contribution < -0.4 is 5.32 Å². The fraction of sp³-hybridized carbons (Fsp3) is 0.769. The standard InChI is InChI=1S/C13H24N2O2S/c1-9(12-10(2)15-11(3)18-12)14-8-13(4,16)6-7-17-5/h9,14,16H,6-8H2,1-5H3. The lowest BCUT2D eigenvalue weighted by Crippen LogP contribution is -2.39. The lowest BCUT2D eigenvalue weighted by molar-refractivity contribution is 0.0232. The molecule has 0 radical (unpaired) electrons. The summed E-state index contributed by atoms with van der Waals surface area (Å²) in [6.07, 6.45) is 0.629. The van der Waals surface area contributed by atoms with E-state index in [4.69, 9.17) is 4.74 Å². The Morgan fingerprint density at radius 2 is 2.17 bits per heavy atom. The average molecular weight is 272 g/mol. The van der Waals surface area contributed by atoms with Crippen molar-refractivity contribution in [3.8, 4) is 0 Å². The fourth-order valence-electron chi connectivity index (χ4n) is 1.82. The first-order valence-electron chi connectivity index (χ1n) is 6.24. The summed E-state index contributed by atoms with van der Waals surface area (Å²) in [7, 11) is 1.65. The van der Waals surface area contributed by atoms with Crippen LogP contribution in [0.1, 0.15) is 41.9 Å². The van der Waals surface area contributed by atoms with Crippen molar-refractivity contribution in [3.63, 3.8) is 0 Å². The normalized spacial score (nSPS) is 16.6. The van der Waals surface area contributed by atoms with E-state index in [1.807, 2.05) is 20.8 Å². The summed E-state index contributed by atoms with van der Waals surface area (Å²) in [5.41, 5.74) is 0.340. The summed E-state index contributed by atoms with van der Waals surface area (Å²) in [4.78, 5) is 5.67. The van der Waals surface area contributed by atoms with E-state index in [9.17, 15) is 5.11 Å². The molecule has 2 unspecified atom stereocenters. The molecule has 0 aliphatic carbocycles. The summed E-state index contributed by atoms with van der Waals surface area (Å²) in [5.74, 6) is 0. The molecule has 2 atom stereocenters. The van der Waals surface area contributed by atoms with Gasteiger partial charge in [0, 0.05) is 37.6 Å². The van der Waals surface area contributed by atoms with Crippen LogP contribution in [0.15, 0.2) is 0 Å². The predicted molar refractivity (Wildman–Crippen MR) is 75.1 cm³/mol. The maximum absolute atomic E-state index is 10.2. The SMILES string of the molecule is COCCC(C)(O)CNC(C)c1sc(C)nc1C. The molecule has 2 N–H and O–H groups in total. The third-order valence-electron chi connectivity index (χ3n) is 2.97. The Kier molecular flexibility index (Phi) is 5.72. The van der Waals surface area contributed by atoms with Gasteiger partial charge in [-0.15, -0.1) is 11.3 Å². The van der Waals surface area contributed by atoms with Crippen LogP contribution in [0.4, 0.5) is 0 Å². The van der Waals surface area contributed by atoms with Crippen LogP contribution in [0, 0.1) is 13.8 Å². The number of aromatic nitrogens is 1. The van der Waals surface area contributed by atoms with Gasteiger partial charge in [0.25, 0.3) is 0 Å². The van der Waals surface area contributed by atoms with Crippen molar-refractivity contribution in [2.75, 3.05) is 20.3 Å². The van der Waals surface area contributed by atoms with Crippen molar-refractivity contribution in [2.24, 2.45) is 0 Å².